The number of hydrogen-bond donors (Lipinski definition) is 2. The number of nitrogens with zero attached hydrogens (tertiary/aromatic N) is 1. The number of aromatic nitrogens is 1. The fourth-order valence-corrected chi connectivity index (χ4v) is 0.896. The number of halogens is 5. The second-order valence-electron chi connectivity index (χ2n) is 2.59. The van der Waals surface area contributed by atoms with Crippen LogP contribution < -0.4 is 5.73 Å². The summed E-state index contributed by atoms with van der Waals surface area (Å²) in [7, 11) is 0. The lowest BCUT2D eigenvalue weighted by atomic mass is 10.3. The van der Waals surface area contributed by atoms with Crippen LogP contribution in [0.15, 0.2) is 16.7 Å². The Labute approximate surface area is 102 Å². The van der Waals surface area contributed by atoms with Crippen molar-refractivity contribution in [1.82, 2.24) is 4.98 Å². The zero-order valence-electron chi connectivity index (χ0n) is 8.13. The van der Waals surface area contributed by atoms with Gasteiger partial charge in [0.1, 0.15) is 5.82 Å². The normalized spacial score (nSPS) is 10.5. The Morgan fingerprint density at radius 2 is 2.00 bits per heavy atom. The third-order valence-electron chi connectivity index (χ3n) is 1.32. The molecule has 0 fully saturated rings. The summed E-state index contributed by atoms with van der Waals surface area (Å²) in [5.74, 6) is -3.12. The molecule has 1 rings (SSSR count). The van der Waals surface area contributed by atoms with E-state index in [2.05, 4.69) is 20.9 Å². The van der Waals surface area contributed by atoms with Gasteiger partial charge in [-0.1, -0.05) is 0 Å². The molecule has 96 valence electrons. The minimum atomic E-state index is -5.08. The second-order valence-corrected chi connectivity index (χ2v) is 3.50. The van der Waals surface area contributed by atoms with Gasteiger partial charge in [-0.25, -0.2) is 9.18 Å². The van der Waals surface area contributed by atoms with E-state index >= 15 is 0 Å². The van der Waals surface area contributed by atoms with Crippen LogP contribution in [0.2, 0.25) is 0 Å². The number of rotatable bonds is 1. The molecule has 3 N–H and O–H groups in total. The van der Waals surface area contributed by atoms with Gasteiger partial charge in [-0.2, -0.15) is 13.2 Å². The molecule has 1 aromatic heterocycles. The minimum Gasteiger partial charge on any atom is -0.475 e. The summed E-state index contributed by atoms with van der Waals surface area (Å²) >= 11 is 3.08. The fourth-order valence-electron chi connectivity index (χ4n) is 0.593. The average molecular weight is 319 g/mol. The zero-order valence-corrected chi connectivity index (χ0v) is 9.72. The summed E-state index contributed by atoms with van der Waals surface area (Å²) in [6.45, 7) is 0.138. The lowest BCUT2D eigenvalue weighted by Gasteiger charge is -1.96. The van der Waals surface area contributed by atoms with Crippen LogP contribution >= 0.6 is 15.9 Å². The van der Waals surface area contributed by atoms with Gasteiger partial charge in [0.15, 0.2) is 0 Å². The van der Waals surface area contributed by atoms with E-state index < -0.39 is 12.1 Å². The Morgan fingerprint density at radius 1 is 1.53 bits per heavy atom. The number of carboxylic acid groups (broad SMARTS) is 1. The van der Waals surface area contributed by atoms with Crippen molar-refractivity contribution in [2.24, 2.45) is 5.73 Å². The van der Waals surface area contributed by atoms with E-state index in [1.54, 1.807) is 0 Å². The Hall–Kier alpha value is -1.22. The van der Waals surface area contributed by atoms with Crippen molar-refractivity contribution in [3.05, 3.63) is 28.2 Å². The molecule has 1 heterocycles. The number of carbonyl (C=O) groups is 1. The summed E-state index contributed by atoms with van der Waals surface area (Å²) in [4.78, 5) is 12.6. The standard InChI is InChI=1S/C6H6BrFN2.C2HF3O2/c7-4-1-5(8)6(2-9)10-3-4;3-2(4,5)1(6)7/h1,3H,2,9H2;(H,6,7). The predicted molar refractivity (Wildman–Crippen MR) is 53.5 cm³/mol. The van der Waals surface area contributed by atoms with Crippen molar-refractivity contribution in [2.75, 3.05) is 0 Å². The van der Waals surface area contributed by atoms with Crippen LogP contribution in [0.3, 0.4) is 0 Å². The van der Waals surface area contributed by atoms with Gasteiger partial charge >= 0.3 is 12.1 Å². The monoisotopic (exact) mass is 318 g/mol. The highest BCUT2D eigenvalue weighted by Gasteiger charge is 2.38. The van der Waals surface area contributed by atoms with E-state index in [4.69, 9.17) is 15.6 Å². The molecular formula is C8H7BrF4N2O2. The Balaban J connectivity index is 0.000000325. The van der Waals surface area contributed by atoms with E-state index in [1.165, 1.54) is 12.3 Å². The number of pyridine rings is 1. The van der Waals surface area contributed by atoms with Crippen molar-refractivity contribution in [3.63, 3.8) is 0 Å². The molecule has 0 bridgehead atoms. The smallest absolute Gasteiger partial charge is 0.475 e. The van der Waals surface area contributed by atoms with E-state index in [0.717, 1.165) is 0 Å². The van der Waals surface area contributed by atoms with Crippen LogP contribution in [0.1, 0.15) is 5.69 Å². The second kappa shape index (κ2) is 6.50. The number of nitrogens with two attached hydrogens (primary N) is 1. The third-order valence-corrected chi connectivity index (χ3v) is 1.75. The molecule has 1 aromatic rings. The Morgan fingerprint density at radius 3 is 2.29 bits per heavy atom. The SMILES string of the molecule is NCc1ncc(Br)cc1F.O=C(O)C(F)(F)F. The Bertz CT molecular complexity index is 398. The van der Waals surface area contributed by atoms with Crippen molar-refractivity contribution < 1.29 is 27.5 Å². The molecule has 4 nitrogen and oxygen atoms in total. The van der Waals surface area contributed by atoms with Gasteiger partial charge in [0.05, 0.1) is 5.69 Å². The zero-order chi connectivity index (χ0) is 13.6. The molecule has 9 heteroatoms. The molecule has 0 radical (unpaired) electrons. The molecule has 0 spiro atoms. The van der Waals surface area contributed by atoms with Crippen LogP contribution in [-0.2, 0) is 11.3 Å². The van der Waals surface area contributed by atoms with E-state index in [1.807, 2.05) is 0 Å². The lowest BCUT2D eigenvalue weighted by molar-refractivity contribution is -0.192. The maximum absolute atomic E-state index is 12.7. The summed E-state index contributed by atoms with van der Waals surface area (Å²) in [5.41, 5.74) is 5.48. The molecule has 0 amide bonds. The summed E-state index contributed by atoms with van der Waals surface area (Å²) in [6.07, 6.45) is -3.56. The van der Waals surface area contributed by atoms with Crippen LogP contribution in [0.25, 0.3) is 0 Å². The van der Waals surface area contributed by atoms with Crippen molar-refractivity contribution in [1.29, 1.82) is 0 Å². The van der Waals surface area contributed by atoms with Crippen molar-refractivity contribution in [3.8, 4) is 0 Å². The van der Waals surface area contributed by atoms with Crippen molar-refractivity contribution >= 4 is 21.9 Å². The van der Waals surface area contributed by atoms with Gasteiger partial charge < -0.3 is 10.8 Å². The van der Waals surface area contributed by atoms with Gasteiger partial charge in [0.25, 0.3) is 0 Å². The number of aliphatic carboxylic acids is 1. The first-order valence-corrected chi connectivity index (χ1v) is 4.78. The highest BCUT2D eigenvalue weighted by Crippen LogP contribution is 2.13. The molecule has 0 aliphatic rings. The van der Waals surface area contributed by atoms with E-state index in [0.29, 0.717) is 10.2 Å². The lowest BCUT2D eigenvalue weighted by Crippen LogP contribution is -2.21. The van der Waals surface area contributed by atoms with Crippen LogP contribution in [0.4, 0.5) is 17.6 Å². The molecule has 0 aromatic carbocycles. The molecular weight excluding hydrogens is 312 g/mol. The van der Waals surface area contributed by atoms with Crippen LogP contribution in [0, 0.1) is 5.82 Å². The predicted octanol–water partition coefficient (Wildman–Crippen LogP) is 2.08. The molecule has 0 saturated carbocycles. The highest BCUT2D eigenvalue weighted by atomic mass is 79.9. The first-order chi connectivity index (χ1) is 7.68. The first kappa shape index (κ1) is 15.8. The van der Waals surface area contributed by atoms with Gasteiger partial charge in [-0.3, -0.25) is 4.98 Å². The molecule has 0 atom stereocenters. The average Bonchev–Trinajstić information content (AvgIpc) is 2.17. The number of carboxylic acids is 1. The quantitative estimate of drug-likeness (QED) is 0.777. The van der Waals surface area contributed by atoms with Gasteiger partial charge in [0, 0.05) is 17.2 Å². The minimum absolute atomic E-state index is 0.138. The Kier molecular flexibility index (Phi) is 6.03. The highest BCUT2D eigenvalue weighted by molar-refractivity contribution is 9.10. The van der Waals surface area contributed by atoms with E-state index in [-0.39, 0.29) is 12.4 Å². The molecule has 0 saturated heterocycles. The molecule has 0 aliphatic carbocycles. The molecule has 17 heavy (non-hydrogen) atoms. The summed E-state index contributed by atoms with van der Waals surface area (Å²) < 4.78 is 45.0. The number of alkyl halides is 3. The van der Waals surface area contributed by atoms with Crippen LogP contribution in [-0.4, -0.2) is 22.2 Å². The molecule has 0 aliphatic heterocycles. The first-order valence-electron chi connectivity index (χ1n) is 3.98. The molecule has 0 unspecified atom stereocenters. The largest absolute Gasteiger partial charge is 0.490 e. The van der Waals surface area contributed by atoms with Gasteiger partial charge in [0.2, 0.25) is 0 Å². The van der Waals surface area contributed by atoms with Gasteiger partial charge in [-0.05, 0) is 22.0 Å². The number of hydrogen-bond acceptors (Lipinski definition) is 3. The summed E-state index contributed by atoms with van der Waals surface area (Å²) in [6, 6.07) is 1.34. The topological polar surface area (TPSA) is 76.2 Å². The van der Waals surface area contributed by atoms with Gasteiger partial charge in [-0.15, -0.1) is 0 Å². The summed E-state index contributed by atoms with van der Waals surface area (Å²) in [5, 5.41) is 7.12. The maximum Gasteiger partial charge on any atom is 0.490 e. The van der Waals surface area contributed by atoms with E-state index in [9.17, 15) is 17.6 Å². The van der Waals surface area contributed by atoms with Crippen LogP contribution in [0.5, 0.6) is 0 Å². The fraction of sp³-hybridized carbons (Fsp3) is 0.250. The maximum atomic E-state index is 12.7. The van der Waals surface area contributed by atoms with Crippen molar-refractivity contribution in [2.45, 2.75) is 12.7 Å². The third kappa shape index (κ3) is 6.17.